The highest BCUT2D eigenvalue weighted by Gasteiger charge is 1.95. The van der Waals surface area contributed by atoms with E-state index in [4.69, 9.17) is 0 Å². The number of thioether (sulfide) groups is 2. The Morgan fingerprint density at radius 3 is 1.20 bits per heavy atom. The van der Waals surface area contributed by atoms with Gasteiger partial charge in [0.05, 0.1) is 0 Å². The van der Waals surface area contributed by atoms with E-state index in [1.54, 1.807) is 23.5 Å². The van der Waals surface area contributed by atoms with Gasteiger partial charge in [0.25, 0.3) is 0 Å². The van der Waals surface area contributed by atoms with Crippen molar-refractivity contribution in [1.82, 2.24) is 0 Å². The molecule has 0 fully saturated rings. The van der Waals surface area contributed by atoms with E-state index in [0.717, 1.165) is 12.0 Å². The van der Waals surface area contributed by atoms with Gasteiger partial charge in [-0.1, -0.05) is 204 Å². The van der Waals surface area contributed by atoms with E-state index in [1.807, 2.05) is 46.7 Å². The van der Waals surface area contributed by atoms with Gasteiger partial charge >= 0.3 is 0 Å². The molecule has 0 spiro atoms. The second-order valence-electron chi connectivity index (χ2n) is 9.97. The van der Waals surface area contributed by atoms with E-state index >= 15 is 0 Å². The fraction of sp³-hybridized carbons (Fsp3) is 0.312. The Kier molecular flexibility index (Phi) is 50.1. The number of benzene rings is 4. The smallest absolute Gasteiger partial charge is 0.0119 e. The molecule has 0 atom stereocenters. The first-order valence-electron chi connectivity index (χ1n) is 18.1. The topological polar surface area (TPSA) is 0 Å². The summed E-state index contributed by atoms with van der Waals surface area (Å²) < 4.78 is 0. The van der Waals surface area contributed by atoms with Crippen molar-refractivity contribution in [2.45, 2.75) is 113 Å². The van der Waals surface area contributed by atoms with Gasteiger partial charge in [0.2, 0.25) is 0 Å². The predicted octanol–water partition coefficient (Wildman–Crippen LogP) is 17.1. The molecule has 0 unspecified atom stereocenters. The second-order valence-corrected chi connectivity index (χ2v) is 12.6. The monoisotopic (exact) mass is 744 g/mol. The molecule has 3 heteroatoms. The summed E-state index contributed by atoms with van der Waals surface area (Å²) in [6.07, 6.45) is 4.26. The second kappa shape index (κ2) is 44.7. The maximum Gasteiger partial charge on any atom is 0.0119 e. The molecule has 0 aliphatic carbocycles. The van der Waals surface area contributed by atoms with Crippen molar-refractivity contribution in [3.63, 3.8) is 0 Å². The third-order valence-electron chi connectivity index (χ3n) is 5.47. The molecule has 0 aliphatic rings. The van der Waals surface area contributed by atoms with E-state index in [9.17, 15) is 0 Å². The molecule has 0 saturated heterocycles. The zero-order valence-electron chi connectivity index (χ0n) is 34.7. The molecule has 4 aromatic rings. The van der Waals surface area contributed by atoms with Crippen molar-refractivity contribution >= 4 is 37.5 Å². The predicted molar refractivity (Wildman–Crippen MR) is 250 cm³/mol. The third kappa shape index (κ3) is 37.8. The average Bonchev–Trinajstić information content (AvgIpc) is 3.16. The van der Waals surface area contributed by atoms with Crippen LogP contribution in [0.2, 0.25) is 0 Å². The van der Waals surface area contributed by atoms with E-state index < -0.39 is 0 Å². The van der Waals surface area contributed by atoms with Crippen LogP contribution in [0, 0.1) is 34.6 Å². The van der Waals surface area contributed by atoms with Gasteiger partial charge in [-0.2, -0.15) is 0 Å². The number of allylic oxidation sites excluding steroid dienone is 2. The Morgan fingerprint density at radius 2 is 0.882 bits per heavy atom. The third-order valence-corrected chi connectivity index (χ3v) is 7.30. The van der Waals surface area contributed by atoms with Crippen LogP contribution in [0.5, 0.6) is 0 Å². The highest BCUT2D eigenvalue weighted by atomic mass is 32.2. The highest BCUT2D eigenvalue weighted by Crippen LogP contribution is 2.20. The summed E-state index contributed by atoms with van der Waals surface area (Å²) in [5.41, 5.74) is 9.01. The summed E-state index contributed by atoms with van der Waals surface area (Å²) in [5.74, 6) is 0. The summed E-state index contributed by atoms with van der Waals surface area (Å²) in [6.45, 7) is 42.9. The molecule has 282 valence electrons. The summed E-state index contributed by atoms with van der Waals surface area (Å²) in [5, 5.41) is 4.01. The van der Waals surface area contributed by atoms with Crippen LogP contribution in [0.15, 0.2) is 157 Å². The van der Waals surface area contributed by atoms with Gasteiger partial charge < -0.3 is 0 Å². The van der Waals surface area contributed by atoms with E-state index in [-0.39, 0.29) is 0 Å². The largest absolute Gasteiger partial charge is 0.115 e. The van der Waals surface area contributed by atoms with Crippen LogP contribution in [-0.4, -0.2) is 5.13 Å². The van der Waals surface area contributed by atoms with Crippen LogP contribution in [-0.2, 0) is 6.42 Å². The summed E-state index contributed by atoms with van der Waals surface area (Å²) in [4.78, 5) is 2.52. The Bertz CT molecular complexity index is 1320. The van der Waals surface area contributed by atoms with Gasteiger partial charge in [-0.25, -0.2) is 0 Å². The molecular formula is C48H73PS2. The Morgan fingerprint density at radius 1 is 0.549 bits per heavy atom. The minimum atomic E-state index is 0.908. The first kappa shape index (κ1) is 57.1. The number of rotatable bonds is 7. The lowest BCUT2D eigenvalue weighted by Gasteiger charge is -2.02. The first-order chi connectivity index (χ1) is 24.7. The van der Waals surface area contributed by atoms with E-state index in [2.05, 4.69) is 199 Å². The molecule has 0 radical (unpaired) electrons. The molecule has 0 saturated carbocycles. The van der Waals surface area contributed by atoms with Crippen LogP contribution in [0.25, 0.3) is 0 Å². The maximum atomic E-state index is 4.12. The molecule has 51 heavy (non-hydrogen) atoms. The molecule has 0 N–H and O–H groups in total. The average molecular weight is 745 g/mol. The van der Waals surface area contributed by atoms with Crippen molar-refractivity contribution in [3.05, 3.63) is 180 Å². The number of hydrogen-bond donors (Lipinski definition) is 0. The minimum Gasteiger partial charge on any atom is -0.115 e. The molecule has 0 aromatic heterocycles. The normalized spacial score (nSPS) is 8.41. The van der Waals surface area contributed by atoms with Gasteiger partial charge in [-0.15, -0.1) is 35.2 Å². The molecule has 0 nitrogen and oxygen atoms in total. The standard InChI is InChI=1S/C19H20S.C8H9PS.C8H10.C3H8.3C2H6.2C2H4/c1-15-4-8-18(9-5-15)14-17(3)12-13-20-19-10-6-16(2)7-11-19;1-7-2-4-8(5-3-7)10-6-9;1-7-4-3-5-8(2)6-7;1-3-2;5*1-2/h4-13H,3,14H2,1-2H3;2-6,9H,1H3;3-6H,1-2H3;3H2,1-2H3;3*1-2H3;2*1-2H2/b13-12+;;;;;;;;. The first-order valence-corrected chi connectivity index (χ1v) is 20.4. The quantitative estimate of drug-likeness (QED) is 0.0800. The molecular weight excluding hydrogens is 672 g/mol. The SMILES string of the molecule is C=C.C=C.C=C(/C=C/Sc1ccc(C)cc1)Cc1ccc(C)cc1.CC.CC.CC.CCC.Cc1ccc(SC=P)cc1.Cc1cccc(C)c1. The van der Waals surface area contributed by atoms with Gasteiger partial charge in [0.15, 0.2) is 0 Å². The fourth-order valence-electron chi connectivity index (χ4n) is 3.34. The van der Waals surface area contributed by atoms with Crippen LogP contribution in [0.4, 0.5) is 0 Å². The summed E-state index contributed by atoms with van der Waals surface area (Å²) in [7, 11) is 3.29. The number of aryl methyl sites for hydroxylation is 5. The zero-order chi connectivity index (χ0) is 40.5. The van der Waals surface area contributed by atoms with Crippen LogP contribution < -0.4 is 0 Å². The fourth-order valence-corrected chi connectivity index (χ4v) is 4.89. The molecule has 4 aromatic carbocycles. The number of hydrogen-bond acceptors (Lipinski definition) is 2. The Balaban J connectivity index is -0.000000192. The summed E-state index contributed by atoms with van der Waals surface area (Å²) >= 11 is 3.40. The van der Waals surface area contributed by atoms with Crippen molar-refractivity contribution in [1.29, 1.82) is 0 Å². The van der Waals surface area contributed by atoms with Gasteiger partial charge in [0.1, 0.15) is 0 Å². The van der Waals surface area contributed by atoms with Crippen molar-refractivity contribution in [2.75, 3.05) is 0 Å². The maximum absolute atomic E-state index is 4.12. The van der Waals surface area contributed by atoms with E-state index in [1.165, 1.54) is 49.6 Å². The van der Waals surface area contributed by atoms with Crippen LogP contribution in [0.3, 0.4) is 0 Å². The lowest BCUT2D eigenvalue weighted by atomic mass is 10.1. The van der Waals surface area contributed by atoms with Crippen LogP contribution in [0.1, 0.15) is 95.2 Å². The minimum absolute atomic E-state index is 0.908. The highest BCUT2D eigenvalue weighted by molar-refractivity contribution is 8.15. The van der Waals surface area contributed by atoms with Gasteiger partial charge in [0, 0.05) is 9.79 Å². The van der Waals surface area contributed by atoms with Crippen molar-refractivity contribution < 1.29 is 0 Å². The zero-order valence-corrected chi connectivity index (χ0v) is 37.4. The molecule has 0 bridgehead atoms. The molecule has 0 amide bonds. The lowest BCUT2D eigenvalue weighted by molar-refractivity contribution is 1.09. The van der Waals surface area contributed by atoms with Gasteiger partial charge in [-0.05, 0) is 81.4 Å². The lowest BCUT2D eigenvalue weighted by Crippen LogP contribution is -1.86. The molecule has 4 rings (SSSR count). The van der Waals surface area contributed by atoms with Crippen molar-refractivity contribution in [2.24, 2.45) is 0 Å². The van der Waals surface area contributed by atoms with Crippen LogP contribution >= 0.6 is 32.4 Å². The Hall–Kier alpha value is -3.29. The van der Waals surface area contributed by atoms with E-state index in [0.29, 0.717) is 0 Å². The Labute approximate surface area is 328 Å². The molecule has 0 aliphatic heterocycles. The molecule has 0 heterocycles. The van der Waals surface area contributed by atoms with Crippen molar-refractivity contribution in [3.8, 4) is 0 Å². The van der Waals surface area contributed by atoms with Gasteiger partial charge in [-0.3, -0.25) is 0 Å². The summed E-state index contributed by atoms with van der Waals surface area (Å²) in [6, 6.07) is 34.1.